The largest absolute Gasteiger partial charge is 0.467 e. The summed E-state index contributed by atoms with van der Waals surface area (Å²) in [6.07, 6.45) is 0. The smallest absolute Gasteiger partial charge is 0.321 e. The van der Waals surface area contributed by atoms with Crippen molar-refractivity contribution >= 4 is 26.9 Å². The van der Waals surface area contributed by atoms with Crippen LogP contribution in [0.4, 0.5) is 10.3 Å². The number of hydrogen-bond donors (Lipinski definition) is 3. The van der Waals surface area contributed by atoms with Crippen LogP contribution in [0.5, 0.6) is 6.01 Å². The molecular weight excluding hydrogens is 423 g/mol. The van der Waals surface area contributed by atoms with Gasteiger partial charge in [0.25, 0.3) is 0 Å². The van der Waals surface area contributed by atoms with Crippen molar-refractivity contribution in [2.45, 2.75) is 18.4 Å². The fourth-order valence-electron chi connectivity index (χ4n) is 3.31. The normalized spacial score (nSPS) is 11.6. The number of primary sulfonamides is 1. The van der Waals surface area contributed by atoms with Crippen molar-refractivity contribution in [3.63, 3.8) is 0 Å². The van der Waals surface area contributed by atoms with E-state index in [1.807, 2.05) is 0 Å². The third-order valence-corrected chi connectivity index (χ3v) is 5.60. The van der Waals surface area contributed by atoms with Crippen molar-refractivity contribution < 1.29 is 17.5 Å². The van der Waals surface area contributed by atoms with Crippen LogP contribution in [0.3, 0.4) is 0 Å². The predicted octanol–water partition coefficient (Wildman–Crippen LogP) is 2.74. The van der Waals surface area contributed by atoms with Gasteiger partial charge in [-0.2, -0.15) is 15.0 Å². The highest BCUT2D eigenvalue weighted by Gasteiger charge is 2.21. The van der Waals surface area contributed by atoms with E-state index >= 15 is 0 Å². The Balaban J connectivity index is 1.79. The second kappa shape index (κ2) is 7.93. The van der Waals surface area contributed by atoms with Crippen molar-refractivity contribution in [1.29, 1.82) is 0 Å². The highest BCUT2D eigenvalue weighted by atomic mass is 32.2. The van der Waals surface area contributed by atoms with Gasteiger partial charge >= 0.3 is 6.01 Å². The molecule has 0 saturated carbocycles. The second-order valence-corrected chi connectivity index (χ2v) is 8.33. The molecule has 2 aromatic heterocycles. The molecule has 0 saturated heterocycles. The standard InChI is InChI=1S/C20H19FN6O3S/c1-11-16(14-7-4-8-15(17(14)24-11)31(22,28)29)18-25-19(27-20(26-18)30-2)23-10-12-5-3-6-13(21)9-12/h3-9,24H,10H2,1-2H3,(H2,22,28,29)(H,23,25,26,27). The van der Waals surface area contributed by atoms with Crippen LogP contribution in [0.2, 0.25) is 0 Å². The summed E-state index contributed by atoms with van der Waals surface area (Å²) >= 11 is 0. The molecule has 0 radical (unpaired) electrons. The number of fused-ring (bicyclic) bond motifs is 1. The third kappa shape index (κ3) is 4.18. The fraction of sp³-hybridized carbons (Fsp3) is 0.150. The molecule has 2 aromatic carbocycles. The number of aryl methyl sites for hydroxylation is 1. The van der Waals surface area contributed by atoms with Gasteiger partial charge in [-0.05, 0) is 30.7 Å². The van der Waals surface area contributed by atoms with Crippen LogP contribution in [0.1, 0.15) is 11.3 Å². The second-order valence-electron chi connectivity index (χ2n) is 6.80. The number of para-hydroxylation sites is 1. The zero-order valence-corrected chi connectivity index (χ0v) is 17.5. The van der Waals surface area contributed by atoms with Gasteiger partial charge < -0.3 is 15.0 Å². The molecule has 0 aliphatic carbocycles. The summed E-state index contributed by atoms with van der Waals surface area (Å²) in [4.78, 5) is 16.0. The molecule has 4 N–H and O–H groups in total. The summed E-state index contributed by atoms with van der Waals surface area (Å²) in [6, 6.07) is 11.0. The molecule has 0 unspecified atom stereocenters. The van der Waals surface area contributed by atoms with E-state index in [4.69, 9.17) is 9.88 Å². The van der Waals surface area contributed by atoms with E-state index in [0.717, 1.165) is 0 Å². The van der Waals surface area contributed by atoms with Gasteiger partial charge in [0.15, 0.2) is 5.82 Å². The van der Waals surface area contributed by atoms with Crippen LogP contribution in [0, 0.1) is 12.7 Å². The Bertz CT molecular complexity index is 1390. The van der Waals surface area contributed by atoms with E-state index < -0.39 is 10.0 Å². The lowest BCUT2D eigenvalue weighted by Gasteiger charge is -2.09. The predicted molar refractivity (Wildman–Crippen MR) is 114 cm³/mol. The Morgan fingerprint density at radius 1 is 1.16 bits per heavy atom. The van der Waals surface area contributed by atoms with E-state index in [0.29, 0.717) is 27.7 Å². The summed E-state index contributed by atoms with van der Waals surface area (Å²) in [5, 5.41) is 8.97. The highest BCUT2D eigenvalue weighted by molar-refractivity contribution is 7.89. The fourth-order valence-corrected chi connectivity index (χ4v) is 4.03. The molecule has 31 heavy (non-hydrogen) atoms. The van der Waals surface area contributed by atoms with Crippen LogP contribution in [0.25, 0.3) is 22.3 Å². The lowest BCUT2D eigenvalue weighted by atomic mass is 10.1. The van der Waals surface area contributed by atoms with Gasteiger partial charge in [0.05, 0.1) is 12.6 Å². The average molecular weight is 442 g/mol. The Hall–Kier alpha value is -3.57. The van der Waals surface area contributed by atoms with E-state index in [1.165, 1.54) is 25.3 Å². The topological polar surface area (TPSA) is 136 Å². The first-order valence-corrected chi connectivity index (χ1v) is 10.7. The molecule has 0 fully saturated rings. The Morgan fingerprint density at radius 2 is 1.94 bits per heavy atom. The lowest BCUT2D eigenvalue weighted by molar-refractivity contribution is 0.379. The van der Waals surface area contributed by atoms with Gasteiger partial charge in [0.1, 0.15) is 10.7 Å². The van der Waals surface area contributed by atoms with Gasteiger partial charge in [-0.1, -0.05) is 24.3 Å². The number of rotatable bonds is 6. The number of benzene rings is 2. The quantitative estimate of drug-likeness (QED) is 0.418. The molecule has 2 heterocycles. The first-order valence-electron chi connectivity index (χ1n) is 9.19. The highest BCUT2D eigenvalue weighted by Crippen LogP contribution is 2.33. The van der Waals surface area contributed by atoms with Crippen molar-refractivity contribution in [2.24, 2.45) is 5.14 Å². The number of ether oxygens (including phenoxy) is 1. The maximum absolute atomic E-state index is 13.4. The molecule has 0 aliphatic heterocycles. The van der Waals surface area contributed by atoms with Crippen molar-refractivity contribution in [3.8, 4) is 17.4 Å². The van der Waals surface area contributed by atoms with E-state index in [1.54, 1.807) is 31.2 Å². The number of nitrogens with one attached hydrogen (secondary N) is 2. The SMILES string of the molecule is COc1nc(NCc2cccc(F)c2)nc(-c2c(C)[nH]c3c(S(N)(=O)=O)cccc23)n1. The summed E-state index contributed by atoms with van der Waals surface area (Å²) in [5.74, 6) is 0.166. The Labute approximate surface area is 177 Å². The van der Waals surface area contributed by atoms with Crippen LogP contribution in [-0.2, 0) is 16.6 Å². The lowest BCUT2D eigenvalue weighted by Crippen LogP contribution is -2.12. The van der Waals surface area contributed by atoms with Crippen molar-refractivity contribution in [1.82, 2.24) is 19.9 Å². The van der Waals surface area contributed by atoms with Crippen LogP contribution >= 0.6 is 0 Å². The number of hydrogen-bond acceptors (Lipinski definition) is 7. The van der Waals surface area contributed by atoms with Gasteiger partial charge in [-0.15, -0.1) is 0 Å². The zero-order chi connectivity index (χ0) is 22.2. The maximum atomic E-state index is 13.4. The molecule has 9 nitrogen and oxygen atoms in total. The van der Waals surface area contributed by atoms with Gasteiger partial charge in [0, 0.05) is 23.2 Å². The number of H-pyrrole nitrogens is 1. The zero-order valence-electron chi connectivity index (χ0n) is 16.7. The summed E-state index contributed by atoms with van der Waals surface area (Å²) in [7, 11) is -2.50. The summed E-state index contributed by atoms with van der Waals surface area (Å²) in [5.41, 5.74) is 2.32. The molecule has 0 amide bonds. The number of sulfonamides is 1. The van der Waals surface area contributed by atoms with E-state index in [2.05, 4.69) is 25.3 Å². The van der Waals surface area contributed by atoms with Crippen LogP contribution in [-0.4, -0.2) is 35.5 Å². The monoisotopic (exact) mass is 442 g/mol. The Morgan fingerprint density at radius 3 is 2.65 bits per heavy atom. The molecule has 0 bridgehead atoms. The van der Waals surface area contributed by atoms with Gasteiger partial charge in [-0.3, -0.25) is 0 Å². The number of anilines is 1. The van der Waals surface area contributed by atoms with Crippen molar-refractivity contribution in [3.05, 3.63) is 59.5 Å². The van der Waals surface area contributed by atoms with Gasteiger partial charge in [-0.25, -0.2) is 17.9 Å². The van der Waals surface area contributed by atoms with Crippen molar-refractivity contribution in [2.75, 3.05) is 12.4 Å². The number of nitrogens with zero attached hydrogens (tertiary/aromatic N) is 3. The first-order chi connectivity index (χ1) is 14.8. The van der Waals surface area contributed by atoms with E-state index in [9.17, 15) is 12.8 Å². The Kier molecular flexibility index (Phi) is 5.29. The minimum Gasteiger partial charge on any atom is -0.467 e. The van der Waals surface area contributed by atoms with E-state index in [-0.39, 0.29) is 35.0 Å². The maximum Gasteiger partial charge on any atom is 0.321 e. The molecule has 0 aliphatic rings. The molecule has 4 aromatic rings. The third-order valence-electron chi connectivity index (χ3n) is 4.65. The number of nitrogens with two attached hydrogens (primary N) is 1. The molecular formula is C20H19FN6O3S. The summed E-state index contributed by atoms with van der Waals surface area (Å²) in [6.45, 7) is 2.06. The molecule has 0 atom stereocenters. The molecule has 0 spiro atoms. The number of aromatic amines is 1. The first kappa shape index (κ1) is 20.7. The number of methoxy groups -OCH3 is 1. The minimum atomic E-state index is -3.93. The average Bonchev–Trinajstić information content (AvgIpc) is 3.07. The number of aromatic nitrogens is 4. The number of halogens is 1. The van der Waals surface area contributed by atoms with Crippen LogP contribution < -0.4 is 15.2 Å². The summed E-state index contributed by atoms with van der Waals surface area (Å²) < 4.78 is 42.6. The minimum absolute atomic E-state index is 0.0233. The van der Waals surface area contributed by atoms with Crippen LogP contribution in [0.15, 0.2) is 47.4 Å². The van der Waals surface area contributed by atoms with Gasteiger partial charge in [0.2, 0.25) is 16.0 Å². The molecule has 160 valence electrons. The molecule has 11 heteroatoms. The molecule has 4 rings (SSSR count).